The van der Waals surface area contributed by atoms with E-state index >= 15 is 0 Å². The molecule has 1 aromatic rings. The van der Waals surface area contributed by atoms with Crippen LogP contribution in [-0.2, 0) is 10.0 Å². The lowest BCUT2D eigenvalue weighted by Crippen LogP contribution is -2.44. The lowest BCUT2D eigenvalue weighted by Gasteiger charge is -2.32. The second-order valence-corrected chi connectivity index (χ2v) is 7.51. The van der Waals surface area contributed by atoms with Crippen LogP contribution in [0.4, 0.5) is 5.69 Å². The summed E-state index contributed by atoms with van der Waals surface area (Å²) in [4.78, 5) is 0. The molecule has 1 fully saturated rings. The van der Waals surface area contributed by atoms with Crippen molar-refractivity contribution in [1.82, 2.24) is 4.31 Å². The minimum Gasteiger partial charge on any atom is -0.381 e. The standard InChI is InChI=1S/C12H17BrN2O2S/c1-18(16,17)15-7-3-6-12(9-15)14-11-5-2-4-10(13)8-11/h2,4-5,8,12,14H,3,6-7,9H2,1H3. The Hall–Kier alpha value is -0.590. The Bertz CT molecular complexity index is 519. The number of hydrogen-bond donors (Lipinski definition) is 1. The highest BCUT2D eigenvalue weighted by molar-refractivity contribution is 9.10. The van der Waals surface area contributed by atoms with Crippen LogP contribution in [0.25, 0.3) is 0 Å². The third kappa shape index (κ3) is 3.70. The molecule has 0 aromatic heterocycles. The average Bonchev–Trinajstić information content (AvgIpc) is 2.28. The van der Waals surface area contributed by atoms with Crippen LogP contribution >= 0.6 is 15.9 Å². The molecule has 1 aromatic carbocycles. The molecule has 0 spiro atoms. The molecule has 0 amide bonds. The highest BCUT2D eigenvalue weighted by Gasteiger charge is 2.25. The molecule has 0 aliphatic carbocycles. The van der Waals surface area contributed by atoms with Gasteiger partial charge in [0.2, 0.25) is 10.0 Å². The van der Waals surface area contributed by atoms with Crippen LogP contribution in [0.15, 0.2) is 28.7 Å². The first-order valence-corrected chi connectivity index (χ1v) is 8.56. The zero-order valence-corrected chi connectivity index (χ0v) is 12.7. The summed E-state index contributed by atoms with van der Waals surface area (Å²) in [6.07, 6.45) is 3.17. The molecule has 1 heterocycles. The molecule has 1 atom stereocenters. The molecule has 1 N–H and O–H groups in total. The summed E-state index contributed by atoms with van der Waals surface area (Å²) in [7, 11) is -3.08. The second kappa shape index (κ2) is 5.59. The Kier molecular flexibility index (Phi) is 4.29. The predicted molar refractivity (Wildman–Crippen MR) is 77.2 cm³/mol. The third-order valence-electron chi connectivity index (χ3n) is 3.05. The van der Waals surface area contributed by atoms with E-state index in [-0.39, 0.29) is 6.04 Å². The number of nitrogens with one attached hydrogen (secondary N) is 1. The molecular weight excluding hydrogens is 316 g/mol. The van der Waals surface area contributed by atoms with Gasteiger partial charge in [0.1, 0.15) is 0 Å². The van der Waals surface area contributed by atoms with E-state index < -0.39 is 10.0 Å². The van der Waals surface area contributed by atoms with Gasteiger partial charge >= 0.3 is 0 Å². The van der Waals surface area contributed by atoms with Crippen LogP contribution in [0.3, 0.4) is 0 Å². The van der Waals surface area contributed by atoms with Gasteiger partial charge in [0.15, 0.2) is 0 Å². The van der Waals surface area contributed by atoms with Gasteiger partial charge in [-0.25, -0.2) is 12.7 Å². The first-order chi connectivity index (χ1) is 8.45. The van der Waals surface area contributed by atoms with Gasteiger partial charge in [0, 0.05) is 29.3 Å². The largest absolute Gasteiger partial charge is 0.381 e. The van der Waals surface area contributed by atoms with E-state index in [1.54, 1.807) is 4.31 Å². The minimum absolute atomic E-state index is 0.183. The zero-order chi connectivity index (χ0) is 13.2. The van der Waals surface area contributed by atoms with Gasteiger partial charge in [-0.3, -0.25) is 0 Å². The summed E-state index contributed by atoms with van der Waals surface area (Å²) < 4.78 is 25.6. The van der Waals surface area contributed by atoms with Gasteiger partial charge in [0.05, 0.1) is 6.26 Å². The molecular formula is C12H17BrN2O2S. The molecule has 18 heavy (non-hydrogen) atoms. The maximum atomic E-state index is 11.5. The maximum absolute atomic E-state index is 11.5. The summed E-state index contributed by atoms with van der Waals surface area (Å²) >= 11 is 3.42. The fourth-order valence-electron chi connectivity index (χ4n) is 2.18. The van der Waals surface area contributed by atoms with Gasteiger partial charge in [0.25, 0.3) is 0 Å². The van der Waals surface area contributed by atoms with E-state index in [0.29, 0.717) is 13.1 Å². The third-order valence-corrected chi connectivity index (χ3v) is 4.81. The molecule has 2 rings (SSSR count). The molecule has 4 nitrogen and oxygen atoms in total. The molecule has 1 aliphatic heterocycles. The summed E-state index contributed by atoms with van der Waals surface area (Å²) in [5.41, 5.74) is 1.02. The number of halogens is 1. The van der Waals surface area contributed by atoms with Gasteiger partial charge in [-0.05, 0) is 31.0 Å². The number of sulfonamides is 1. The van der Waals surface area contributed by atoms with Crippen molar-refractivity contribution in [2.45, 2.75) is 18.9 Å². The van der Waals surface area contributed by atoms with Gasteiger partial charge in [-0.15, -0.1) is 0 Å². The Morgan fingerprint density at radius 1 is 1.44 bits per heavy atom. The summed E-state index contributed by atoms with van der Waals surface area (Å²) in [5.74, 6) is 0. The lowest BCUT2D eigenvalue weighted by molar-refractivity contribution is 0.329. The molecule has 1 unspecified atom stereocenters. The first-order valence-electron chi connectivity index (χ1n) is 5.92. The van der Waals surface area contributed by atoms with Crippen LogP contribution in [0.1, 0.15) is 12.8 Å². The van der Waals surface area contributed by atoms with Crippen molar-refractivity contribution < 1.29 is 8.42 Å². The maximum Gasteiger partial charge on any atom is 0.211 e. The van der Waals surface area contributed by atoms with Crippen LogP contribution in [-0.4, -0.2) is 38.1 Å². The van der Waals surface area contributed by atoms with E-state index in [9.17, 15) is 8.42 Å². The van der Waals surface area contributed by atoms with E-state index in [1.807, 2.05) is 24.3 Å². The van der Waals surface area contributed by atoms with Gasteiger partial charge < -0.3 is 5.32 Å². The molecule has 0 radical (unpaired) electrons. The topological polar surface area (TPSA) is 49.4 Å². The van der Waals surface area contributed by atoms with Crippen molar-refractivity contribution in [3.8, 4) is 0 Å². The Morgan fingerprint density at radius 3 is 2.89 bits per heavy atom. The van der Waals surface area contributed by atoms with E-state index in [0.717, 1.165) is 23.0 Å². The van der Waals surface area contributed by atoms with Crippen LogP contribution in [0.2, 0.25) is 0 Å². The molecule has 1 aliphatic rings. The van der Waals surface area contributed by atoms with Crippen molar-refractivity contribution in [3.05, 3.63) is 28.7 Å². The predicted octanol–water partition coefficient (Wildman–Crippen LogP) is 2.29. The SMILES string of the molecule is CS(=O)(=O)N1CCCC(Nc2cccc(Br)c2)C1. The smallest absolute Gasteiger partial charge is 0.211 e. The number of anilines is 1. The lowest BCUT2D eigenvalue weighted by atomic mass is 10.1. The Morgan fingerprint density at radius 2 is 2.22 bits per heavy atom. The van der Waals surface area contributed by atoms with Crippen molar-refractivity contribution in [3.63, 3.8) is 0 Å². The fourth-order valence-corrected chi connectivity index (χ4v) is 3.49. The zero-order valence-electron chi connectivity index (χ0n) is 10.3. The summed E-state index contributed by atoms with van der Waals surface area (Å²) in [5, 5.41) is 3.39. The molecule has 6 heteroatoms. The van der Waals surface area contributed by atoms with Crippen LogP contribution in [0.5, 0.6) is 0 Å². The minimum atomic E-state index is -3.08. The van der Waals surface area contributed by atoms with Crippen molar-refractivity contribution in [2.24, 2.45) is 0 Å². The van der Waals surface area contributed by atoms with Crippen molar-refractivity contribution in [2.75, 3.05) is 24.7 Å². The van der Waals surface area contributed by atoms with Crippen molar-refractivity contribution >= 4 is 31.6 Å². The molecule has 0 saturated carbocycles. The highest BCUT2D eigenvalue weighted by atomic mass is 79.9. The molecule has 0 bridgehead atoms. The number of rotatable bonds is 3. The van der Waals surface area contributed by atoms with Crippen molar-refractivity contribution in [1.29, 1.82) is 0 Å². The molecule has 100 valence electrons. The second-order valence-electron chi connectivity index (χ2n) is 4.61. The first kappa shape index (κ1) is 13.8. The number of hydrogen-bond acceptors (Lipinski definition) is 3. The van der Waals surface area contributed by atoms with Gasteiger partial charge in [-0.1, -0.05) is 22.0 Å². The van der Waals surface area contributed by atoms with Gasteiger partial charge in [-0.2, -0.15) is 0 Å². The van der Waals surface area contributed by atoms with Crippen LogP contribution in [0, 0.1) is 0 Å². The monoisotopic (exact) mass is 332 g/mol. The average molecular weight is 333 g/mol. The Labute approximate surface area is 117 Å². The quantitative estimate of drug-likeness (QED) is 0.923. The number of benzene rings is 1. The number of nitrogens with zero attached hydrogens (tertiary/aromatic N) is 1. The van der Waals surface area contributed by atoms with Crippen LogP contribution < -0.4 is 5.32 Å². The summed E-state index contributed by atoms with van der Waals surface area (Å²) in [6, 6.07) is 8.10. The highest BCUT2D eigenvalue weighted by Crippen LogP contribution is 2.20. The molecule has 1 saturated heterocycles. The normalized spacial score (nSPS) is 21.8. The van der Waals surface area contributed by atoms with E-state index in [1.165, 1.54) is 6.26 Å². The Balaban J connectivity index is 2.02. The van der Waals surface area contributed by atoms with E-state index in [2.05, 4.69) is 21.2 Å². The van der Waals surface area contributed by atoms with E-state index in [4.69, 9.17) is 0 Å². The fraction of sp³-hybridized carbons (Fsp3) is 0.500. The number of piperidine rings is 1. The summed E-state index contributed by atoms with van der Waals surface area (Å²) in [6.45, 7) is 1.18.